The molecule has 0 unspecified atom stereocenters. The van der Waals surface area contributed by atoms with E-state index in [0.717, 1.165) is 13.1 Å². The van der Waals surface area contributed by atoms with E-state index < -0.39 is 0 Å². The zero-order valence-corrected chi connectivity index (χ0v) is 10.1. The van der Waals surface area contributed by atoms with E-state index in [0.29, 0.717) is 13.1 Å². The fraction of sp³-hybridized carbons (Fsp3) is 1.00. The minimum Gasteiger partial charge on any atom is -0.329 e. The molecule has 0 aromatic carbocycles. The van der Waals surface area contributed by atoms with E-state index in [9.17, 15) is 0 Å². The third-order valence-electron chi connectivity index (χ3n) is 1.98. The van der Waals surface area contributed by atoms with Crippen molar-refractivity contribution >= 4 is 0 Å². The van der Waals surface area contributed by atoms with Gasteiger partial charge in [0.15, 0.2) is 0 Å². The molecule has 0 amide bonds. The van der Waals surface area contributed by atoms with E-state index in [-0.39, 0.29) is 0 Å². The second-order valence-electron chi connectivity index (χ2n) is 2.95. The summed E-state index contributed by atoms with van der Waals surface area (Å²) in [7, 11) is 0. The molecule has 0 bridgehead atoms. The molecule has 0 aromatic heterocycles. The molecule has 0 aliphatic heterocycles. The molecule has 5 N–H and O–H groups in total. The number of rotatable bonds is 7. The third kappa shape index (κ3) is 14.4. The Morgan fingerprint density at radius 2 is 1.21 bits per heavy atom. The first-order valence-electron chi connectivity index (χ1n) is 5.59. The van der Waals surface area contributed by atoms with Crippen LogP contribution in [0.3, 0.4) is 0 Å². The molecular weight excluding hydrogens is 176 g/mol. The van der Waals surface area contributed by atoms with E-state index in [1.54, 1.807) is 0 Å². The highest BCUT2D eigenvalue weighted by Crippen LogP contribution is 1.81. The first kappa shape index (κ1) is 16.3. The Hall–Kier alpha value is -0.160. The number of nitrogens with one attached hydrogen (secondary N) is 1. The van der Waals surface area contributed by atoms with Gasteiger partial charge in [0.05, 0.1) is 0 Å². The summed E-state index contributed by atoms with van der Waals surface area (Å²) in [5, 5.41) is 3.03. The van der Waals surface area contributed by atoms with Crippen molar-refractivity contribution in [3.05, 3.63) is 0 Å². The maximum atomic E-state index is 5.17. The van der Waals surface area contributed by atoms with Gasteiger partial charge >= 0.3 is 0 Å². The van der Waals surface area contributed by atoms with Gasteiger partial charge in [0.1, 0.15) is 0 Å². The Labute approximate surface area is 89.0 Å². The predicted octanol–water partition coefficient (Wildman–Crippen LogP) is -0.158. The van der Waals surface area contributed by atoms with Gasteiger partial charge in [-0.3, -0.25) is 0 Å². The second kappa shape index (κ2) is 15.3. The van der Waals surface area contributed by atoms with Gasteiger partial charge in [-0.2, -0.15) is 0 Å². The fourth-order valence-electron chi connectivity index (χ4n) is 1.000. The van der Waals surface area contributed by atoms with Crippen molar-refractivity contribution in [1.82, 2.24) is 10.2 Å². The van der Waals surface area contributed by atoms with Crippen molar-refractivity contribution in [3.63, 3.8) is 0 Å². The fourth-order valence-corrected chi connectivity index (χ4v) is 1.000. The highest BCUT2D eigenvalue weighted by Gasteiger charge is 1.89. The summed E-state index contributed by atoms with van der Waals surface area (Å²) >= 11 is 0. The van der Waals surface area contributed by atoms with Crippen LogP contribution in [0.4, 0.5) is 0 Å². The summed E-state index contributed by atoms with van der Waals surface area (Å²) in [5.41, 5.74) is 10.3. The highest BCUT2D eigenvalue weighted by atomic mass is 15.1. The van der Waals surface area contributed by atoms with Crippen LogP contribution >= 0.6 is 0 Å². The zero-order chi connectivity index (χ0) is 11.2. The summed E-state index contributed by atoms with van der Waals surface area (Å²) in [6.07, 6.45) is 0. The van der Waals surface area contributed by atoms with Crippen LogP contribution in [0.5, 0.6) is 0 Å². The van der Waals surface area contributed by atoms with E-state index in [4.69, 9.17) is 11.5 Å². The summed E-state index contributed by atoms with van der Waals surface area (Å²) in [4.78, 5) is 2.38. The van der Waals surface area contributed by atoms with Crippen molar-refractivity contribution < 1.29 is 0 Å². The molecule has 88 valence electrons. The Morgan fingerprint density at radius 3 is 1.36 bits per heavy atom. The molecule has 0 rings (SSSR count). The molecular formula is C10H28N4. The second-order valence-corrected chi connectivity index (χ2v) is 2.95. The Bertz CT molecular complexity index is 74.7. The van der Waals surface area contributed by atoms with E-state index in [2.05, 4.69) is 31.0 Å². The Morgan fingerprint density at radius 1 is 0.857 bits per heavy atom. The van der Waals surface area contributed by atoms with Crippen LogP contribution < -0.4 is 16.8 Å². The lowest BCUT2D eigenvalue weighted by Crippen LogP contribution is -2.27. The molecule has 0 spiro atoms. The van der Waals surface area contributed by atoms with Crippen molar-refractivity contribution in [2.45, 2.75) is 20.8 Å². The van der Waals surface area contributed by atoms with Crippen LogP contribution in [0.2, 0.25) is 0 Å². The van der Waals surface area contributed by atoms with Gasteiger partial charge < -0.3 is 21.7 Å². The molecule has 4 heteroatoms. The lowest BCUT2D eigenvalue weighted by molar-refractivity contribution is 0.321. The lowest BCUT2D eigenvalue weighted by Gasteiger charge is -2.13. The van der Waals surface area contributed by atoms with Crippen LogP contribution in [-0.4, -0.2) is 50.7 Å². The number of hydrogen-bond donors (Lipinski definition) is 3. The normalized spacial score (nSPS) is 9.86. The van der Waals surface area contributed by atoms with Gasteiger partial charge in [-0.1, -0.05) is 20.8 Å². The summed E-state index contributed by atoms with van der Waals surface area (Å²) in [5.74, 6) is 0. The molecule has 0 saturated carbocycles. The van der Waals surface area contributed by atoms with Crippen LogP contribution in [0, 0.1) is 0 Å². The minimum absolute atomic E-state index is 0.694. The molecule has 0 saturated heterocycles. The largest absolute Gasteiger partial charge is 0.329 e. The van der Waals surface area contributed by atoms with Crippen LogP contribution in [0.25, 0.3) is 0 Å². The standard InChI is InChI=1S/C6H15N.C4H13N3/c1-4-7(5-2)6-3;5-1-3-7-4-2-6/h4-6H2,1-3H3;7H,1-6H2. The van der Waals surface area contributed by atoms with Crippen molar-refractivity contribution in [2.75, 3.05) is 45.8 Å². The SMILES string of the molecule is CCN(CC)CC.NCCNCCN. The molecule has 0 fully saturated rings. The number of nitrogens with two attached hydrogens (primary N) is 2. The topological polar surface area (TPSA) is 67.3 Å². The van der Waals surface area contributed by atoms with Crippen molar-refractivity contribution in [1.29, 1.82) is 0 Å². The summed E-state index contributed by atoms with van der Waals surface area (Å²) in [6, 6.07) is 0. The van der Waals surface area contributed by atoms with Crippen LogP contribution in [0.1, 0.15) is 20.8 Å². The Kier molecular flexibility index (Phi) is 17.8. The highest BCUT2D eigenvalue weighted by molar-refractivity contribution is 4.45. The molecule has 4 nitrogen and oxygen atoms in total. The van der Waals surface area contributed by atoms with E-state index >= 15 is 0 Å². The number of hydrogen-bond acceptors (Lipinski definition) is 4. The predicted molar refractivity (Wildman–Crippen MR) is 64.4 cm³/mol. The maximum Gasteiger partial charge on any atom is 0.00750 e. The Balaban J connectivity index is 0. The molecule has 0 aliphatic rings. The first-order valence-corrected chi connectivity index (χ1v) is 5.59. The monoisotopic (exact) mass is 204 g/mol. The van der Waals surface area contributed by atoms with Gasteiger partial charge in [0.25, 0.3) is 0 Å². The first-order chi connectivity index (χ1) is 6.76. The summed E-state index contributed by atoms with van der Waals surface area (Å²) < 4.78 is 0. The van der Waals surface area contributed by atoms with E-state index in [1.165, 1.54) is 19.6 Å². The van der Waals surface area contributed by atoms with Crippen molar-refractivity contribution in [3.8, 4) is 0 Å². The van der Waals surface area contributed by atoms with Gasteiger partial charge in [-0.25, -0.2) is 0 Å². The van der Waals surface area contributed by atoms with Gasteiger partial charge in [0.2, 0.25) is 0 Å². The summed E-state index contributed by atoms with van der Waals surface area (Å²) in [6.45, 7) is 13.3. The molecule has 14 heavy (non-hydrogen) atoms. The van der Waals surface area contributed by atoms with Gasteiger partial charge in [0, 0.05) is 26.2 Å². The quantitative estimate of drug-likeness (QED) is 0.504. The average Bonchev–Trinajstić information content (AvgIpc) is 2.22. The van der Waals surface area contributed by atoms with Crippen LogP contribution in [0.15, 0.2) is 0 Å². The number of nitrogens with zero attached hydrogens (tertiary/aromatic N) is 1. The lowest BCUT2D eigenvalue weighted by atomic mass is 10.5. The molecule has 0 aromatic rings. The maximum absolute atomic E-state index is 5.17. The van der Waals surface area contributed by atoms with Gasteiger partial charge in [-0.05, 0) is 19.6 Å². The molecule has 0 heterocycles. The van der Waals surface area contributed by atoms with E-state index in [1.807, 2.05) is 0 Å². The third-order valence-corrected chi connectivity index (χ3v) is 1.98. The molecule has 0 aliphatic carbocycles. The van der Waals surface area contributed by atoms with Gasteiger partial charge in [-0.15, -0.1) is 0 Å². The minimum atomic E-state index is 0.694. The smallest absolute Gasteiger partial charge is 0.00750 e. The zero-order valence-electron chi connectivity index (χ0n) is 10.1. The molecule has 0 atom stereocenters. The van der Waals surface area contributed by atoms with Crippen LogP contribution in [-0.2, 0) is 0 Å². The van der Waals surface area contributed by atoms with Crippen molar-refractivity contribution in [2.24, 2.45) is 11.5 Å². The average molecular weight is 204 g/mol. The molecule has 0 radical (unpaired) electrons.